The molecule has 3 heteroatoms. The first-order valence-corrected chi connectivity index (χ1v) is 4.13. The van der Waals surface area contributed by atoms with Crippen LogP contribution in [0.2, 0.25) is 0 Å². The van der Waals surface area contributed by atoms with Crippen LogP contribution in [0.4, 0.5) is 0 Å². The fourth-order valence-corrected chi connectivity index (χ4v) is 1.02. The smallest absolute Gasteiger partial charge is 0.179 e. The summed E-state index contributed by atoms with van der Waals surface area (Å²) < 4.78 is 0. The van der Waals surface area contributed by atoms with Crippen molar-refractivity contribution in [3.05, 3.63) is 35.4 Å². The highest BCUT2D eigenvalue weighted by Crippen LogP contribution is 2.09. The lowest BCUT2D eigenvalue weighted by Crippen LogP contribution is -2.08. The number of hydrogen-bond donors (Lipinski definition) is 0. The second-order valence-electron chi connectivity index (χ2n) is 2.90. The van der Waals surface area contributed by atoms with Crippen molar-refractivity contribution in [1.82, 2.24) is 0 Å². The molecule has 0 heterocycles. The first-order valence-electron chi connectivity index (χ1n) is 4.13. The van der Waals surface area contributed by atoms with Crippen molar-refractivity contribution in [1.29, 1.82) is 10.5 Å². The van der Waals surface area contributed by atoms with Crippen LogP contribution in [0.15, 0.2) is 24.3 Å². The molecule has 0 N–H and O–H groups in total. The van der Waals surface area contributed by atoms with Gasteiger partial charge in [-0.1, -0.05) is 12.1 Å². The molecule has 1 atom stereocenters. The van der Waals surface area contributed by atoms with Crippen molar-refractivity contribution in [2.75, 3.05) is 0 Å². The minimum atomic E-state index is -0.636. The number of benzene rings is 1. The standard InChI is InChI=1S/C11H8N2O/c1-8(6-12)11(14)10-4-2-9(7-13)3-5-10/h2-5,8H,1H3. The Balaban J connectivity index is 2.95. The first-order chi connectivity index (χ1) is 6.69. The van der Waals surface area contributed by atoms with E-state index in [1.54, 1.807) is 31.2 Å². The molecule has 68 valence electrons. The molecule has 0 aliphatic carbocycles. The first kappa shape index (κ1) is 9.95. The average molecular weight is 184 g/mol. The summed E-state index contributed by atoms with van der Waals surface area (Å²) in [6.07, 6.45) is 0. The summed E-state index contributed by atoms with van der Waals surface area (Å²) in [6.45, 7) is 1.56. The van der Waals surface area contributed by atoms with E-state index in [4.69, 9.17) is 10.5 Å². The van der Waals surface area contributed by atoms with Crippen molar-refractivity contribution in [2.24, 2.45) is 5.92 Å². The van der Waals surface area contributed by atoms with Crippen LogP contribution in [0.1, 0.15) is 22.8 Å². The van der Waals surface area contributed by atoms with Gasteiger partial charge in [-0.05, 0) is 19.1 Å². The molecular formula is C11H8N2O. The third kappa shape index (κ3) is 1.97. The van der Waals surface area contributed by atoms with Gasteiger partial charge in [0.05, 0.1) is 17.7 Å². The lowest BCUT2D eigenvalue weighted by atomic mass is 10.00. The van der Waals surface area contributed by atoms with E-state index in [0.717, 1.165) is 0 Å². The van der Waals surface area contributed by atoms with Crippen LogP contribution in [-0.2, 0) is 0 Å². The molecule has 1 aromatic rings. The predicted molar refractivity (Wildman–Crippen MR) is 50.3 cm³/mol. The van der Waals surface area contributed by atoms with Crippen LogP contribution >= 0.6 is 0 Å². The van der Waals surface area contributed by atoms with E-state index < -0.39 is 5.92 Å². The summed E-state index contributed by atoms with van der Waals surface area (Å²) in [5, 5.41) is 17.1. The minimum absolute atomic E-state index is 0.211. The third-order valence-electron chi connectivity index (χ3n) is 1.89. The lowest BCUT2D eigenvalue weighted by Gasteiger charge is -2.01. The second-order valence-corrected chi connectivity index (χ2v) is 2.90. The average Bonchev–Trinajstić information content (AvgIpc) is 2.27. The quantitative estimate of drug-likeness (QED) is 0.659. The number of rotatable bonds is 2. The fourth-order valence-electron chi connectivity index (χ4n) is 1.02. The van der Waals surface area contributed by atoms with E-state index in [0.29, 0.717) is 11.1 Å². The number of carbonyl (C=O) groups excluding carboxylic acids is 1. The second kappa shape index (κ2) is 4.20. The summed E-state index contributed by atoms with van der Waals surface area (Å²) in [7, 11) is 0. The zero-order valence-corrected chi connectivity index (χ0v) is 7.69. The number of carbonyl (C=O) groups is 1. The topological polar surface area (TPSA) is 64.7 Å². The maximum absolute atomic E-state index is 11.5. The van der Waals surface area contributed by atoms with Crippen LogP contribution in [0.3, 0.4) is 0 Å². The molecule has 1 unspecified atom stereocenters. The van der Waals surface area contributed by atoms with Crippen LogP contribution in [-0.4, -0.2) is 5.78 Å². The largest absolute Gasteiger partial charge is 0.293 e. The van der Waals surface area contributed by atoms with E-state index in [1.165, 1.54) is 0 Å². The van der Waals surface area contributed by atoms with Crippen LogP contribution in [0.5, 0.6) is 0 Å². The molecule has 1 rings (SSSR count). The molecule has 0 aliphatic rings. The maximum Gasteiger partial charge on any atom is 0.179 e. The van der Waals surface area contributed by atoms with Gasteiger partial charge in [-0.3, -0.25) is 4.79 Å². The van der Waals surface area contributed by atoms with E-state index in [-0.39, 0.29) is 5.78 Å². The Labute approximate surface area is 82.2 Å². The third-order valence-corrected chi connectivity index (χ3v) is 1.89. The Bertz CT molecular complexity index is 420. The van der Waals surface area contributed by atoms with Crippen LogP contribution in [0.25, 0.3) is 0 Å². The van der Waals surface area contributed by atoms with E-state index in [2.05, 4.69) is 0 Å². The summed E-state index contributed by atoms with van der Waals surface area (Å²) in [6, 6.07) is 10.1. The van der Waals surface area contributed by atoms with Gasteiger partial charge in [0.2, 0.25) is 0 Å². The van der Waals surface area contributed by atoms with Crippen molar-refractivity contribution in [3.63, 3.8) is 0 Å². The molecule has 1 aromatic carbocycles. The van der Waals surface area contributed by atoms with Crippen molar-refractivity contribution in [3.8, 4) is 12.1 Å². The van der Waals surface area contributed by atoms with E-state index in [9.17, 15) is 4.79 Å². The molecule has 0 amide bonds. The van der Waals surface area contributed by atoms with Gasteiger partial charge < -0.3 is 0 Å². The van der Waals surface area contributed by atoms with Crippen molar-refractivity contribution in [2.45, 2.75) is 6.92 Å². The van der Waals surface area contributed by atoms with Gasteiger partial charge in [-0.15, -0.1) is 0 Å². The van der Waals surface area contributed by atoms with Gasteiger partial charge in [-0.2, -0.15) is 10.5 Å². The SMILES string of the molecule is CC(C#N)C(=O)c1ccc(C#N)cc1. The zero-order valence-electron chi connectivity index (χ0n) is 7.69. The fraction of sp³-hybridized carbons (Fsp3) is 0.182. The molecule has 0 aromatic heterocycles. The summed E-state index contributed by atoms with van der Waals surface area (Å²) in [5.74, 6) is -0.847. The predicted octanol–water partition coefficient (Wildman–Crippen LogP) is 1.90. The normalized spacial score (nSPS) is 11.1. The maximum atomic E-state index is 11.5. The number of nitriles is 2. The van der Waals surface area contributed by atoms with Gasteiger partial charge in [0.25, 0.3) is 0 Å². The summed E-state index contributed by atoms with van der Waals surface area (Å²) >= 11 is 0. The molecule has 14 heavy (non-hydrogen) atoms. The van der Waals surface area contributed by atoms with Gasteiger partial charge in [0, 0.05) is 5.56 Å². The van der Waals surface area contributed by atoms with E-state index >= 15 is 0 Å². The number of ketones is 1. The van der Waals surface area contributed by atoms with Crippen LogP contribution < -0.4 is 0 Å². The van der Waals surface area contributed by atoms with Crippen LogP contribution in [0, 0.1) is 28.6 Å². The number of hydrogen-bond acceptors (Lipinski definition) is 3. The molecule has 0 saturated carbocycles. The molecular weight excluding hydrogens is 176 g/mol. The molecule has 0 saturated heterocycles. The summed E-state index contributed by atoms with van der Waals surface area (Å²) in [4.78, 5) is 11.5. The number of nitrogens with zero attached hydrogens (tertiary/aromatic N) is 2. The molecule has 0 spiro atoms. The van der Waals surface area contributed by atoms with Crippen molar-refractivity contribution >= 4 is 5.78 Å². The molecule has 0 fully saturated rings. The molecule has 0 aliphatic heterocycles. The molecule has 0 bridgehead atoms. The lowest BCUT2D eigenvalue weighted by molar-refractivity contribution is 0.0956. The van der Waals surface area contributed by atoms with Gasteiger partial charge in [0.1, 0.15) is 5.92 Å². The van der Waals surface area contributed by atoms with Gasteiger partial charge >= 0.3 is 0 Å². The summed E-state index contributed by atoms with van der Waals surface area (Å²) in [5.41, 5.74) is 0.976. The highest BCUT2D eigenvalue weighted by Gasteiger charge is 2.13. The number of Topliss-reactive ketones (excluding diaryl/α,β-unsaturated/α-hetero) is 1. The molecule has 3 nitrogen and oxygen atoms in total. The zero-order chi connectivity index (χ0) is 10.6. The minimum Gasteiger partial charge on any atom is -0.293 e. The monoisotopic (exact) mass is 184 g/mol. The highest BCUT2D eigenvalue weighted by molar-refractivity contribution is 5.99. The highest BCUT2D eigenvalue weighted by atomic mass is 16.1. The van der Waals surface area contributed by atoms with Crippen molar-refractivity contribution < 1.29 is 4.79 Å². The Kier molecular flexibility index (Phi) is 2.99. The van der Waals surface area contributed by atoms with Gasteiger partial charge in [-0.25, -0.2) is 0 Å². The molecule has 0 radical (unpaired) electrons. The Morgan fingerprint density at radius 1 is 1.29 bits per heavy atom. The Morgan fingerprint density at radius 2 is 1.86 bits per heavy atom. The van der Waals surface area contributed by atoms with E-state index in [1.807, 2.05) is 12.1 Å². The Morgan fingerprint density at radius 3 is 2.29 bits per heavy atom. The van der Waals surface area contributed by atoms with Gasteiger partial charge in [0.15, 0.2) is 5.78 Å². The Hall–Kier alpha value is -2.13.